The number of nitrogens with one attached hydrogen (secondary N) is 1. The number of amides is 1. The van der Waals surface area contributed by atoms with E-state index in [0.717, 1.165) is 18.7 Å². The molecule has 2 heterocycles. The quantitative estimate of drug-likeness (QED) is 0.588. The molecule has 2 aliphatic heterocycles. The second-order valence-corrected chi connectivity index (χ2v) is 7.23. The third-order valence-electron chi connectivity index (χ3n) is 4.21. The molecule has 0 aromatic heterocycles. The second kappa shape index (κ2) is 4.80. The van der Waals surface area contributed by atoms with Crippen LogP contribution in [0.5, 0.6) is 0 Å². The predicted molar refractivity (Wildman–Crippen MR) is 83.8 cm³/mol. The van der Waals surface area contributed by atoms with Crippen LogP contribution in [0.2, 0.25) is 0 Å². The van der Waals surface area contributed by atoms with Crippen LogP contribution in [0.4, 0.5) is 10.5 Å². The van der Waals surface area contributed by atoms with Gasteiger partial charge in [0.1, 0.15) is 11.1 Å². The van der Waals surface area contributed by atoms with Crippen LogP contribution in [0.25, 0.3) is 0 Å². The summed E-state index contributed by atoms with van der Waals surface area (Å²) in [4.78, 5) is 14.0. The van der Waals surface area contributed by atoms with Gasteiger partial charge in [-0.3, -0.25) is 4.90 Å². The van der Waals surface area contributed by atoms with E-state index in [4.69, 9.17) is 16.3 Å². The lowest BCUT2D eigenvalue weighted by Gasteiger charge is -2.31. The minimum absolute atomic E-state index is 0.213. The maximum atomic E-state index is 12.3. The van der Waals surface area contributed by atoms with Gasteiger partial charge < -0.3 is 10.1 Å². The number of para-hydroxylation sites is 1. The molecule has 1 aromatic rings. The molecule has 0 aliphatic carbocycles. The smallest absolute Gasteiger partial charge is 0.411 e. The van der Waals surface area contributed by atoms with Crippen molar-refractivity contribution in [3.63, 3.8) is 0 Å². The molecule has 0 bridgehead atoms. The summed E-state index contributed by atoms with van der Waals surface area (Å²) >= 11 is 6.68. The minimum atomic E-state index is -0.505. The number of halogens is 1. The number of ether oxygens (including phenoxy) is 1. The topological polar surface area (TPSA) is 41.6 Å². The molecule has 3 rings (SSSR count). The number of alkyl halides is 1. The molecule has 0 saturated carbocycles. The molecule has 4 nitrogen and oxygen atoms in total. The molecule has 0 radical (unpaired) electrons. The Kier molecular flexibility index (Phi) is 3.32. The predicted octanol–water partition coefficient (Wildman–Crippen LogP) is 3.56. The van der Waals surface area contributed by atoms with Crippen LogP contribution >= 0.6 is 11.6 Å². The second-order valence-electron chi connectivity index (χ2n) is 6.81. The fourth-order valence-corrected chi connectivity index (χ4v) is 3.69. The number of hydrogen-bond donors (Lipinski definition) is 1. The molecule has 1 fully saturated rings. The van der Waals surface area contributed by atoms with E-state index in [1.807, 2.05) is 32.9 Å². The Morgan fingerprint density at radius 2 is 2.14 bits per heavy atom. The number of likely N-dealkylation sites (tertiary alicyclic amines) is 1. The number of fused-ring (bicyclic) bond motifs is 2. The molecule has 1 N–H and O–H groups in total. The Bertz CT molecular complexity index is 570. The van der Waals surface area contributed by atoms with Gasteiger partial charge in [-0.2, -0.15) is 0 Å². The molecule has 2 unspecified atom stereocenters. The van der Waals surface area contributed by atoms with Crippen LogP contribution in [0, 0.1) is 0 Å². The molecule has 1 spiro atoms. The normalized spacial score (nSPS) is 27.6. The zero-order valence-electron chi connectivity index (χ0n) is 12.6. The monoisotopic (exact) mass is 308 g/mol. The number of nitrogens with zero attached hydrogens (tertiary/aromatic N) is 1. The lowest BCUT2D eigenvalue weighted by atomic mass is 9.81. The Labute approximate surface area is 130 Å². The van der Waals surface area contributed by atoms with E-state index < -0.39 is 5.60 Å². The van der Waals surface area contributed by atoms with Gasteiger partial charge in [-0.1, -0.05) is 29.8 Å². The van der Waals surface area contributed by atoms with Gasteiger partial charge in [0.05, 0.1) is 5.41 Å². The first-order valence-corrected chi connectivity index (χ1v) is 7.74. The lowest BCUT2D eigenvalue weighted by Crippen LogP contribution is -2.44. The summed E-state index contributed by atoms with van der Waals surface area (Å²) in [6, 6.07) is 8.19. The van der Waals surface area contributed by atoms with Crippen LogP contribution in [-0.2, 0) is 10.2 Å². The highest BCUT2D eigenvalue weighted by molar-refractivity contribution is 6.22. The Balaban J connectivity index is 1.85. The van der Waals surface area contributed by atoms with Crippen molar-refractivity contribution < 1.29 is 9.53 Å². The number of carbonyl (C=O) groups is 1. The summed E-state index contributed by atoms with van der Waals surface area (Å²) in [5.41, 5.74) is 1.22. The van der Waals surface area contributed by atoms with Crippen molar-refractivity contribution in [3.05, 3.63) is 29.8 Å². The number of rotatable bonds is 0. The largest absolute Gasteiger partial charge is 0.444 e. The molecule has 5 heteroatoms. The average Bonchev–Trinajstić information content (AvgIpc) is 2.93. The van der Waals surface area contributed by atoms with Gasteiger partial charge in [-0.25, -0.2) is 4.79 Å². The van der Waals surface area contributed by atoms with Crippen molar-refractivity contribution >= 4 is 23.4 Å². The highest BCUT2D eigenvalue weighted by atomic mass is 35.5. The van der Waals surface area contributed by atoms with Crippen molar-refractivity contribution in [1.29, 1.82) is 0 Å². The van der Waals surface area contributed by atoms with E-state index >= 15 is 0 Å². The summed E-state index contributed by atoms with van der Waals surface area (Å²) in [5, 5.41) is 3.41. The van der Waals surface area contributed by atoms with Gasteiger partial charge >= 0.3 is 6.09 Å². The Morgan fingerprint density at radius 1 is 1.43 bits per heavy atom. The number of hydrogen-bond acceptors (Lipinski definition) is 3. The summed E-state index contributed by atoms with van der Waals surface area (Å²) in [6.07, 6.45) is 0.522. The first-order chi connectivity index (χ1) is 9.83. The van der Waals surface area contributed by atoms with Crippen molar-refractivity contribution in [2.45, 2.75) is 43.7 Å². The van der Waals surface area contributed by atoms with E-state index in [9.17, 15) is 4.79 Å². The summed E-state index contributed by atoms with van der Waals surface area (Å²) in [5.74, 6) is 0. The Hall–Kier alpha value is -1.42. The van der Waals surface area contributed by atoms with E-state index in [1.165, 1.54) is 5.56 Å². The first-order valence-electron chi connectivity index (χ1n) is 7.31. The van der Waals surface area contributed by atoms with E-state index in [-0.39, 0.29) is 17.0 Å². The van der Waals surface area contributed by atoms with Crippen molar-refractivity contribution in [1.82, 2.24) is 4.90 Å². The van der Waals surface area contributed by atoms with Crippen LogP contribution in [0.1, 0.15) is 32.8 Å². The molecule has 1 saturated heterocycles. The van der Waals surface area contributed by atoms with Crippen molar-refractivity contribution in [2.75, 3.05) is 18.4 Å². The van der Waals surface area contributed by atoms with Crippen LogP contribution in [0.15, 0.2) is 24.3 Å². The molecule has 2 atom stereocenters. The first kappa shape index (κ1) is 14.5. The molecular formula is C16H21ClN2O2. The van der Waals surface area contributed by atoms with Crippen LogP contribution < -0.4 is 5.32 Å². The van der Waals surface area contributed by atoms with Gasteiger partial charge in [-0.05, 0) is 38.8 Å². The lowest BCUT2D eigenvalue weighted by molar-refractivity contribution is 0.0260. The molecule has 2 aliphatic rings. The highest BCUT2D eigenvalue weighted by Crippen LogP contribution is 2.48. The number of benzene rings is 1. The fraction of sp³-hybridized carbons (Fsp3) is 0.562. The maximum absolute atomic E-state index is 12.3. The summed E-state index contributed by atoms with van der Waals surface area (Å²) in [7, 11) is 0. The third kappa shape index (κ3) is 2.35. The summed E-state index contributed by atoms with van der Waals surface area (Å²) in [6.45, 7) is 6.99. The zero-order valence-corrected chi connectivity index (χ0v) is 13.4. The van der Waals surface area contributed by atoms with Crippen LogP contribution in [0.3, 0.4) is 0 Å². The van der Waals surface area contributed by atoms with Gasteiger partial charge in [-0.15, -0.1) is 0 Å². The van der Waals surface area contributed by atoms with Gasteiger partial charge in [0.2, 0.25) is 0 Å². The van der Waals surface area contributed by atoms with E-state index in [1.54, 1.807) is 4.90 Å². The highest BCUT2D eigenvalue weighted by Gasteiger charge is 2.53. The number of anilines is 1. The van der Waals surface area contributed by atoms with Gasteiger partial charge in [0.15, 0.2) is 0 Å². The molecule has 114 valence electrons. The SMILES string of the molecule is CC(C)(C)OC(=O)N1CCC2(CNc3ccccc32)C1Cl. The fourth-order valence-electron chi connectivity index (χ4n) is 3.21. The molecular weight excluding hydrogens is 288 g/mol. The molecule has 1 amide bonds. The Morgan fingerprint density at radius 3 is 2.86 bits per heavy atom. The van der Waals surface area contributed by atoms with E-state index in [2.05, 4.69) is 17.4 Å². The molecule has 1 aromatic carbocycles. The minimum Gasteiger partial charge on any atom is -0.444 e. The van der Waals surface area contributed by atoms with E-state index in [0.29, 0.717) is 6.54 Å². The number of carbonyl (C=O) groups excluding carboxylic acids is 1. The van der Waals surface area contributed by atoms with Gasteiger partial charge in [0, 0.05) is 18.8 Å². The van der Waals surface area contributed by atoms with Crippen LogP contribution in [-0.4, -0.2) is 35.2 Å². The zero-order chi connectivity index (χ0) is 15.3. The standard InChI is InChI=1S/C16H21ClN2O2/c1-15(2,3)21-14(20)19-9-8-16(13(19)17)10-18-12-7-5-4-6-11(12)16/h4-7,13,18H,8-10H2,1-3H3. The molecule has 21 heavy (non-hydrogen) atoms. The average molecular weight is 309 g/mol. The van der Waals surface area contributed by atoms with Crippen molar-refractivity contribution in [2.24, 2.45) is 0 Å². The maximum Gasteiger partial charge on any atom is 0.411 e. The third-order valence-corrected chi connectivity index (χ3v) is 4.87. The van der Waals surface area contributed by atoms with Crippen molar-refractivity contribution in [3.8, 4) is 0 Å². The van der Waals surface area contributed by atoms with Gasteiger partial charge in [0.25, 0.3) is 0 Å². The summed E-state index contributed by atoms with van der Waals surface area (Å²) < 4.78 is 5.46.